The third-order valence-electron chi connectivity index (χ3n) is 5.54. The molecule has 10 heteroatoms. The summed E-state index contributed by atoms with van der Waals surface area (Å²) < 4.78 is 0. The van der Waals surface area contributed by atoms with Crippen LogP contribution in [0.25, 0.3) is 10.8 Å². The first-order valence-corrected chi connectivity index (χ1v) is 11.6. The van der Waals surface area contributed by atoms with E-state index in [1.807, 2.05) is 42.5 Å². The van der Waals surface area contributed by atoms with E-state index in [9.17, 15) is 9.90 Å². The number of fused-ring (bicyclic) bond motifs is 1. The van der Waals surface area contributed by atoms with E-state index in [1.54, 1.807) is 68.1 Å². The Bertz CT molecular complexity index is 1590. The first kappa shape index (κ1) is 24.2. The Morgan fingerprint density at radius 2 is 1.58 bits per heavy atom. The van der Waals surface area contributed by atoms with Gasteiger partial charge in [-0.15, -0.1) is 10.2 Å². The number of benzene rings is 3. The first-order chi connectivity index (χ1) is 18.7. The lowest BCUT2D eigenvalue weighted by Crippen LogP contribution is -2.26. The van der Waals surface area contributed by atoms with E-state index in [4.69, 9.17) is 0 Å². The number of nitrogens with zero attached hydrogens (tertiary/aromatic N) is 7. The van der Waals surface area contributed by atoms with Crippen molar-refractivity contribution in [1.82, 2.24) is 15.0 Å². The van der Waals surface area contributed by atoms with E-state index in [1.165, 1.54) is 4.90 Å². The maximum absolute atomic E-state index is 13.1. The lowest BCUT2D eigenvalue weighted by molar-refractivity contribution is 0.102. The van der Waals surface area contributed by atoms with Crippen LogP contribution in [0.4, 0.5) is 23.1 Å². The summed E-state index contributed by atoms with van der Waals surface area (Å²) in [5.74, 6) is 0.0985. The summed E-state index contributed by atoms with van der Waals surface area (Å²) in [7, 11) is 1.55. The molecule has 0 saturated carbocycles. The minimum absolute atomic E-state index is 0.0597. The summed E-state index contributed by atoms with van der Waals surface area (Å²) in [6, 6.07) is 25.0. The number of nitrogens with one attached hydrogen (secondary N) is 1. The summed E-state index contributed by atoms with van der Waals surface area (Å²) in [5, 5.41) is 24.0. The van der Waals surface area contributed by atoms with E-state index >= 15 is 0 Å². The molecule has 2 aromatic heterocycles. The average Bonchev–Trinajstić information content (AvgIpc) is 2.97. The van der Waals surface area contributed by atoms with E-state index in [-0.39, 0.29) is 28.9 Å². The smallest absolute Gasteiger partial charge is 0.259 e. The molecule has 5 aromatic rings. The fraction of sp³-hybridized carbons (Fsp3) is 0.0357. The van der Waals surface area contributed by atoms with Crippen molar-refractivity contribution in [1.29, 1.82) is 0 Å². The van der Waals surface area contributed by atoms with Crippen LogP contribution in [0.15, 0.2) is 119 Å². The van der Waals surface area contributed by atoms with Gasteiger partial charge >= 0.3 is 0 Å². The van der Waals surface area contributed by atoms with Crippen LogP contribution in [0, 0.1) is 0 Å². The van der Waals surface area contributed by atoms with Crippen LogP contribution in [-0.4, -0.2) is 39.0 Å². The second-order valence-corrected chi connectivity index (χ2v) is 7.96. The van der Waals surface area contributed by atoms with Gasteiger partial charge in [-0.3, -0.25) is 9.79 Å². The number of amides is 1. The number of anilines is 3. The van der Waals surface area contributed by atoms with Gasteiger partial charge in [0.2, 0.25) is 5.95 Å². The van der Waals surface area contributed by atoms with Crippen molar-refractivity contribution >= 4 is 45.8 Å². The highest BCUT2D eigenvalue weighted by molar-refractivity contribution is 6.12. The third-order valence-corrected chi connectivity index (χ3v) is 5.54. The number of phenolic OH excluding ortho intramolecular Hbond substituents is 1. The fourth-order valence-corrected chi connectivity index (χ4v) is 3.78. The summed E-state index contributed by atoms with van der Waals surface area (Å²) in [5.41, 5.74) is 0.782. The Morgan fingerprint density at radius 3 is 2.32 bits per heavy atom. The van der Waals surface area contributed by atoms with Crippen molar-refractivity contribution in [3.8, 4) is 5.75 Å². The molecule has 0 bridgehead atoms. The fourth-order valence-electron chi connectivity index (χ4n) is 3.78. The van der Waals surface area contributed by atoms with Crippen LogP contribution in [0.3, 0.4) is 0 Å². The molecule has 0 aliphatic rings. The van der Waals surface area contributed by atoms with Crippen molar-refractivity contribution in [2.45, 2.75) is 0 Å². The number of aliphatic imine (C=N–C) groups is 1. The van der Waals surface area contributed by atoms with Gasteiger partial charge in [0, 0.05) is 36.7 Å². The van der Waals surface area contributed by atoms with E-state index in [0.29, 0.717) is 22.3 Å². The molecule has 0 aliphatic carbocycles. The van der Waals surface area contributed by atoms with Gasteiger partial charge in [-0.05, 0) is 41.8 Å². The SMILES string of the molecule is CN=C(N=Nc1c(O)c(C(=O)Nc2ccccc2)cc2ccccc12)N(c1ccccn1)c1ncccn1. The first-order valence-electron chi connectivity index (χ1n) is 11.6. The number of para-hydroxylation sites is 1. The summed E-state index contributed by atoms with van der Waals surface area (Å²) in [6.07, 6.45) is 4.82. The number of hydrogen-bond acceptors (Lipinski definition) is 7. The number of rotatable bonds is 5. The number of pyridine rings is 1. The van der Waals surface area contributed by atoms with Crippen LogP contribution in [0.1, 0.15) is 10.4 Å². The van der Waals surface area contributed by atoms with Crippen LogP contribution in [0.2, 0.25) is 0 Å². The minimum atomic E-state index is -0.479. The molecule has 0 fully saturated rings. The molecule has 0 spiro atoms. The molecule has 2 heterocycles. The molecular weight excluding hydrogens is 480 g/mol. The quantitative estimate of drug-likeness (QED) is 0.175. The Labute approximate surface area is 218 Å². The number of guanidine groups is 1. The second kappa shape index (κ2) is 11.0. The Balaban J connectivity index is 1.58. The normalized spacial score (nSPS) is 11.6. The van der Waals surface area contributed by atoms with Gasteiger partial charge in [0.05, 0.1) is 5.56 Å². The molecule has 38 heavy (non-hydrogen) atoms. The molecule has 2 N–H and O–H groups in total. The van der Waals surface area contributed by atoms with Crippen LogP contribution in [-0.2, 0) is 0 Å². The third kappa shape index (κ3) is 5.05. The van der Waals surface area contributed by atoms with Gasteiger partial charge in [0.15, 0.2) is 5.75 Å². The highest BCUT2D eigenvalue weighted by atomic mass is 16.3. The maximum Gasteiger partial charge on any atom is 0.259 e. The molecule has 186 valence electrons. The predicted molar refractivity (Wildman–Crippen MR) is 146 cm³/mol. The number of carbonyl (C=O) groups is 1. The summed E-state index contributed by atoms with van der Waals surface area (Å²) in [4.78, 5) is 31.9. The van der Waals surface area contributed by atoms with Crippen molar-refractivity contribution in [3.05, 3.63) is 109 Å². The lowest BCUT2D eigenvalue weighted by atomic mass is 10.0. The van der Waals surface area contributed by atoms with E-state index in [0.717, 1.165) is 0 Å². The number of aromatic hydroxyl groups is 1. The largest absolute Gasteiger partial charge is 0.505 e. The minimum Gasteiger partial charge on any atom is -0.505 e. The molecule has 0 unspecified atom stereocenters. The molecule has 5 rings (SSSR count). The lowest BCUT2D eigenvalue weighted by Gasteiger charge is -2.19. The number of aromatic nitrogens is 3. The Morgan fingerprint density at radius 1 is 0.868 bits per heavy atom. The molecule has 0 radical (unpaired) electrons. The highest BCUT2D eigenvalue weighted by Gasteiger charge is 2.22. The van der Waals surface area contributed by atoms with Crippen LogP contribution >= 0.6 is 0 Å². The average molecular weight is 503 g/mol. The molecule has 0 aliphatic heterocycles. The summed E-state index contributed by atoms with van der Waals surface area (Å²) in [6.45, 7) is 0. The maximum atomic E-state index is 13.1. The Hall–Kier alpha value is -5.51. The summed E-state index contributed by atoms with van der Waals surface area (Å²) >= 11 is 0. The number of phenols is 1. The topological polar surface area (TPSA) is 128 Å². The van der Waals surface area contributed by atoms with E-state index in [2.05, 4.69) is 35.5 Å². The zero-order chi connectivity index (χ0) is 26.3. The van der Waals surface area contributed by atoms with Gasteiger partial charge in [-0.25, -0.2) is 19.9 Å². The highest BCUT2D eigenvalue weighted by Crippen LogP contribution is 2.39. The molecule has 0 atom stereocenters. The second-order valence-electron chi connectivity index (χ2n) is 7.96. The monoisotopic (exact) mass is 502 g/mol. The van der Waals surface area contributed by atoms with Crippen molar-refractivity contribution in [3.63, 3.8) is 0 Å². The molecular formula is C28H22N8O2. The number of hydrogen-bond donors (Lipinski definition) is 2. The molecule has 0 saturated heterocycles. The van der Waals surface area contributed by atoms with Gasteiger partial charge in [-0.2, -0.15) is 0 Å². The number of azo groups is 1. The molecule has 10 nitrogen and oxygen atoms in total. The zero-order valence-corrected chi connectivity index (χ0v) is 20.3. The zero-order valence-electron chi connectivity index (χ0n) is 20.3. The van der Waals surface area contributed by atoms with Crippen LogP contribution in [0.5, 0.6) is 5.75 Å². The molecule has 3 aromatic carbocycles. The van der Waals surface area contributed by atoms with Crippen molar-refractivity contribution in [2.75, 3.05) is 17.3 Å². The Kier molecular flexibility index (Phi) is 7.03. The van der Waals surface area contributed by atoms with Crippen LogP contribution < -0.4 is 10.2 Å². The van der Waals surface area contributed by atoms with E-state index < -0.39 is 5.91 Å². The molecule has 1 amide bonds. The van der Waals surface area contributed by atoms with Crippen molar-refractivity contribution < 1.29 is 9.90 Å². The van der Waals surface area contributed by atoms with Gasteiger partial charge in [0.25, 0.3) is 11.9 Å². The van der Waals surface area contributed by atoms with Gasteiger partial charge in [-0.1, -0.05) is 48.5 Å². The standard InChI is InChI=1S/C28H22N8O2/c1-29-27(36(23-14-7-8-15-30-23)28-31-16-9-17-32-28)35-34-24-21-13-6-5-10-19(21)18-22(25(24)37)26(38)33-20-11-3-2-4-12-20/h2-18,37H,1H3,(H,33,38). The number of carbonyl (C=O) groups excluding carboxylic acids is 1. The van der Waals surface area contributed by atoms with Gasteiger partial charge in [0.1, 0.15) is 11.5 Å². The predicted octanol–water partition coefficient (Wildman–Crippen LogP) is 5.89. The van der Waals surface area contributed by atoms with Crippen molar-refractivity contribution in [2.24, 2.45) is 15.2 Å². The van der Waals surface area contributed by atoms with Gasteiger partial charge < -0.3 is 10.4 Å².